The van der Waals surface area contributed by atoms with E-state index < -0.39 is 0 Å². The van der Waals surface area contributed by atoms with Crippen LogP contribution in [0.3, 0.4) is 0 Å². The van der Waals surface area contributed by atoms with E-state index in [2.05, 4.69) is 46.8 Å². The Labute approximate surface area is 119 Å². The number of nitrogens with one attached hydrogen (secondary N) is 1. The minimum atomic E-state index is 1.02. The highest BCUT2D eigenvalue weighted by Crippen LogP contribution is 2.39. The molecule has 1 N–H and O–H groups in total. The highest BCUT2D eigenvalue weighted by Gasteiger charge is 2.16. The Morgan fingerprint density at radius 2 is 2.00 bits per heavy atom. The summed E-state index contributed by atoms with van der Waals surface area (Å²) in [5.41, 5.74) is 4.46. The zero-order valence-electron chi connectivity index (χ0n) is 10.1. The molecule has 2 aromatic rings. The maximum atomic E-state index is 4.79. The second kappa shape index (κ2) is 4.99. The van der Waals surface area contributed by atoms with Crippen LogP contribution in [0.4, 0.5) is 17.1 Å². The third kappa shape index (κ3) is 2.06. The third-order valence-corrected chi connectivity index (χ3v) is 4.95. The number of nitrogens with zero attached hydrogens (tertiary/aromatic N) is 1. The van der Waals surface area contributed by atoms with E-state index in [4.69, 9.17) is 4.99 Å². The molecule has 0 bridgehead atoms. The second-order valence-corrected chi connectivity index (χ2v) is 6.25. The number of anilines is 2. The van der Waals surface area contributed by atoms with Crippen LogP contribution in [-0.2, 0) is 0 Å². The van der Waals surface area contributed by atoms with Crippen molar-refractivity contribution in [1.29, 1.82) is 0 Å². The van der Waals surface area contributed by atoms with Crippen molar-refractivity contribution in [2.24, 2.45) is 4.99 Å². The topological polar surface area (TPSA) is 24.4 Å². The van der Waals surface area contributed by atoms with Gasteiger partial charge in [0.1, 0.15) is 5.04 Å². The second-order valence-electron chi connectivity index (χ2n) is 3.83. The van der Waals surface area contributed by atoms with Gasteiger partial charge in [-0.15, -0.1) is 34.9 Å². The quantitative estimate of drug-likeness (QED) is 0.751. The Bertz CT molecular complexity index is 616. The van der Waals surface area contributed by atoms with Crippen molar-refractivity contribution in [3.05, 3.63) is 34.5 Å². The van der Waals surface area contributed by atoms with Gasteiger partial charge in [-0.1, -0.05) is 0 Å². The summed E-state index contributed by atoms with van der Waals surface area (Å²) >= 11 is 5.14. The predicted octanol–water partition coefficient (Wildman–Crippen LogP) is 4.97. The van der Waals surface area contributed by atoms with E-state index in [-0.39, 0.29) is 0 Å². The summed E-state index contributed by atoms with van der Waals surface area (Å²) in [6, 6.07) is 6.37. The number of hydrogen-bond donors (Lipinski definition) is 1. The molecule has 0 spiro atoms. The summed E-state index contributed by atoms with van der Waals surface area (Å²) in [6.45, 7) is 0. The fourth-order valence-electron chi connectivity index (χ4n) is 1.87. The van der Waals surface area contributed by atoms with Crippen LogP contribution < -0.4 is 5.32 Å². The lowest BCUT2D eigenvalue weighted by atomic mass is 10.2. The van der Waals surface area contributed by atoms with Crippen LogP contribution in [0.15, 0.2) is 38.8 Å². The molecule has 1 aromatic heterocycles. The van der Waals surface area contributed by atoms with E-state index in [1.807, 2.05) is 0 Å². The number of hydrogen-bond acceptors (Lipinski definition) is 5. The molecule has 18 heavy (non-hydrogen) atoms. The maximum Gasteiger partial charge on any atom is 0.107 e. The molecular formula is C13H12N2S3. The molecule has 0 saturated heterocycles. The average Bonchev–Trinajstić information content (AvgIpc) is 2.80. The number of benzene rings is 1. The first kappa shape index (κ1) is 12.1. The van der Waals surface area contributed by atoms with Crippen molar-refractivity contribution in [2.75, 3.05) is 17.8 Å². The van der Waals surface area contributed by atoms with Crippen molar-refractivity contribution >= 4 is 57.0 Å². The molecule has 0 unspecified atom stereocenters. The van der Waals surface area contributed by atoms with Gasteiger partial charge < -0.3 is 5.32 Å². The van der Waals surface area contributed by atoms with Gasteiger partial charge in [-0.05, 0) is 30.7 Å². The minimum Gasteiger partial charge on any atom is -0.353 e. The van der Waals surface area contributed by atoms with Crippen LogP contribution in [-0.4, -0.2) is 17.6 Å². The summed E-state index contributed by atoms with van der Waals surface area (Å²) in [7, 11) is 0. The van der Waals surface area contributed by atoms with Gasteiger partial charge in [0.2, 0.25) is 0 Å². The Morgan fingerprint density at radius 1 is 1.11 bits per heavy atom. The molecule has 0 aliphatic carbocycles. The molecule has 0 atom stereocenters. The predicted molar refractivity (Wildman–Crippen MR) is 85.5 cm³/mol. The summed E-state index contributed by atoms with van der Waals surface area (Å²) in [6.07, 6.45) is 4.16. The fourth-order valence-corrected chi connectivity index (χ4v) is 3.72. The summed E-state index contributed by atoms with van der Waals surface area (Å²) in [5, 5.41) is 8.84. The van der Waals surface area contributed by atoms with Crippen LogP contribution in [0.25, 0.3) is 0 Å². The van der Waals surface area contributed by atoms with Crippen LogP contribution in [0.1, 0.15) is 5.56 Å². The van der Waals surface area contributed by atoms with Gasteiger partial charge in [0.25, 0.3) is 0 Å². The summed E-state index contributed by atoms with van der Waals surface area (Å²) in [4.78, 5) is 6.03. The molecule has 1 aromatic carbocycles. The largest absolute Gasteiger partial charge is 0.353 e. The molecule has 0 amide bonds. The Hall–Kier alpha value is -0.910. The molecule has 3 rings (SSSR count). The van der Waals surface area contributed by atoms with Crippen molar-refractivity contribution in [3.8, 4) is 0 Å². The van der Waals surface area contributed by atoms with Gasteiger partial charge in [-0.2, -0.15) is 0 Å². The molecule has 2 nitrogen and oxygen atoms in total. The molecular weight excluding hydrogens is 280 g/mol. The fraction of sp³-hybridized carbons (Fsp3) is 0.154. The van der Waals surface area contributed by atoms with Gasteiger partial charge in [0.15, 0.2) is 0 Å². The molecule has 1 aliphatic heterocycles. The lowest BCUT2D eigenvalue weighted by molar-refractivity contribution is 1.41. The van der Waals surface area contributed by atoms with Crippen LogP contribution in [0.2, 0.25) is 0 Å². The number of thioether (sulfide) groups is 2. The van der Waals surface area contributed by atoms with Crippen molar-refractivity contribution in [1.82, 2.24) is 0 Å². The van der Waals surface area contributed by atoms with Gasteiger partial charge in [0.05, 0.1) is 17.1 Å². The number of rotatable bonds is 1. The summed E-state index contributed by atoms with van der Waals surface area (Å²) in [5.74, 6) is 0. The van der Waals surface area contributed by atoms with E-state index in [1.54, 1.807) is 34.9 Å². The SMILES string of the molecule is CSC1=Nc2cc(SC)ccc2Nc2cscc21. The lowest BCUT2D eigenvalue weighted by Crippen LogP contribution is -1.94. The number of aliphatic imine (C=N–C) groups is 1. The van der Waals surface area contributed by atoms with Gasteiger partial charge in [-0.3, -0.25) is 0 Å². The molecule has 5 heteroatoms. The first-order valence-corrected chi connectivity index (χ1v) is 8.85. The Morgan fingerprint density at radius 3 is 2.78 bits per heavy atom. The monoisotopic (exact) mass is 292 g/mol. The summed E-state index contributed by atoms with van der Waals surface area (Å²) < 4.78 is 0. The first-order valence-electron chi connectivity index (χ1n) is 5.46. The van der Waals surface area contributed by atoms with Crippen LogP contribution >= 0.6 is 34.9 Å². The van der Waals surface area contributed by atoms with Crippen molar-refractivity contribution in [3.63, 3.8) is 0 Å². The molecule has 1 aliphatic rings. The van der Waals surface area contributed by atoms with E-state index in [1.165, 1.54) is 10.5 Å². The standard InChI is InChI=1S/C13H12N2S3/c1-16-8-3-4-10-11(5-8)15-13(17-2)9-6-18-7-12(9)14-10/h3-7,14H,1-2H3. The zero-order valence-corrected chi connectivity index (χ0v) is 12.5. The first-order chi connectivity index (χ1) is 8.81. The zero-order chi connectivity index (χ0) is 12.5. The maximum absolute atomic E-state index is 4.79. The highest BCUT2D eigenvalue weighted by atomic mass is 32.2. The van der Waals surface area contributed by atoms with E-state index in [0.717, 1.165) is 22.1 Å². The molecule has 92 valence electrons. The van der Waals surface area contributed by atoms with Crippen molar-refractivity contribution in [2.45, 2.75) is 4.90 Å². The Balaban J connectivity index is 2.17. The average molecular weight is 292 g/mol. The molecule has 0 saturated carbocycles. The van der Waals surface area contributed by atoms with Crippen LogP contribution in [0.5, 0.6) is 0 Å². The van der Waals surface area contributed by atoms with Gasteiger partial charge in [-0.25, -0.2) is 4.99 Å². The normalized spacial score (nSPS) is 13.1. The number of thiophene rings is 1. The Kier molecular flexibility index (Phi) is 3.37. The smallest absolute Gasteiger partial charge is 0.107 e. The molecule has 0 fully saturated rings. The minimum absolute atomic E-state index is 1.02. The van der Waals surface area contributed by atoms with Crippen LogP contribution in [0, 0.1) is 0 Å². The van der Waals surface area contributed by atoms with E-state index in [0.29, 0.717) is 0 Å². The van der Waals surface area contributed by atoms with E-state index >= 15 is 0 Å². The lowest BCUT2D eigenvalue weighted by Gasteiger charge is -2.07. The van der Waals surface area contributed by atoms with Gasteiger partial charge >= 0.3 is 0 Å². The molecule has 0 radical (unpaired) electrons. The van der Waals surface area contributed by atoms with E-state index in [9.17, 15) is 0 Å². The molecule has 2 heterocycles. The van der Waals surface area contributed by atoms with Gasteiger partial charge in [0, 0.05) is 21.2 Å². The number of fused-ring (bicyclic) bond motifs is 2. The third-order valence-electron chi connectivity index (χ3n) is 2.78. The highest BCUT2D eigenvalue weighted by molar-refractivity contribution is 8.13. The van der Waals surface area contributed by atoms with Crippen molar-refractivity contribution < 1.29 is 0 Å².